The summed E-state index contributed by atoms with van der Waals surface area (Å²) in [6.45, 7) is 0. The van der Waals surface area contributed by atoms with E-state index in [0.717, 1.165) is 17.2 Å². The van der Waals surface area contributed by atoms with Gasteiger partial charge < -0.3 is 19.3 Å². The van der Waals surface area contributed by atoms with Gasteiger partial charge in [0.2, 0.25) is 0 Å². The number of hydrogen-bond acceptors (Lipinski definition) is 5. The molecule has 0 bridgehead atoms. The largest absolute Gasteiger partial charge is 0.477 e. The molecule has 1 N–H and O–H groups in total. The van der Waals surface area contributed by atoms with E-state index in [1.54, 1.807) is 0 Å². The summed E-state index contributed by atoms with van der Waals surface area (Å²) >= 11 is 5.91. The van der Waals surface area contributed by atoms with Crippen LogP contribution in [0.4, 0.5) is 22.0 Å². The number of aromatic nitrogens is 1. The Labute approximate surface area is 171 Å². The number of halogens is 6. The van der Waals surface area contributed by atoms with Crippen LogP contribution in [0.15, 0.2) is 28.9 Å². The maximum Gasteiger partial charge on any atom is 0.342 e. The molecular weight excluding hydrogens is 439 g/mol. The lowest BCUT2D eigenvalue weighted by Crippen LogP contribution is -2.38. The molecule has 30 heavy (non-hydrogen) atoms. The van der Waals surface area contributed by atoms with E-state index in [4.69, 9.17) is 16.1 Å². The topological polar surface area (TPSA) is 83.6 Å². The third-order valence-corrected chi connectivity index (χ3v) is 4.26. The number of carboxylic acids is 1. The number of hydrogen-bond donors (Lipinski definition) is 1. The van der Waals surface area contributed by atoms with Gasteiger partial charge in [0.1, 0.15) is 29.3 Å². The second-order valence-electron chi connectivity index (χ2n) is 6.27. The van der Waals surface area contributed by atoms with E-state index in [9.17, 15) is 36.6 Å². The van der Waals surface area contributed by atoms with E-state index in [2.05, 4.69) is 5.16 Å². The highest BCUT2D eigenvalue weighted by Crippen LogP contribution is 2.42. The molecule has 0 radical (unpaired) electrons. The number of rotatable bonds is 8. The Bertz CT molecular complexity index is 971. The molecule has 0 fully saturated rings. The van der Waals surface area contributed by atoms with Gasteiger partial charge in [-0.05, 0) is 12.1 Å². The molecule has 1 aromatic carbocycles. The minimum Gasteiger partial charge on any atom is -0.477 e. The van der Waals surface area contributed by atoms with Crippen LogP contribution in [0.25, 0.3) is 16.8 Å². The molecule has 0 aliphatic rings. The summed E-state index contributed by atoms with van der Waals surface area (Å²) in [5, 5.41) is 12.7. The third kappa shape index (κ3) is 4.30. The van der Waals surface area contributed by atoms with Crippen LogP contribution in [0.5, 0.6) is 0 Å². The van der Waals surface area contributed by atoms with Crippen LogP contribution in [-0.2, 0) is 4.79 Å². The van der Waals surface area contributed by atoms with Crippen molar-refractivity contribution in [3.63, 3.8) is 0 Å². The van der Waals surface area contributed by atoms with Crippen LogP contribution >= 0.6 is 11.6 Å². The van der Waals surface area contributed by atoms with Gasteiger partial charge in [-0.15, -0.1) is 0 Å². The van der Waals surface area contributed by atoms with E-state index in [-0.39, 0.29) is 5.02 Å². The number of benzene rings is 1. The number of carbonyl (C=O) groups is 2. The van der Waals surface area contributed by atoms with Crippen molar-refractivity contribution in [3.05, 3.63) is 46.6 Å². The van der Waals surface area contributed by atoms with Gasteiger partial charge in [-0.3, -0.25) is 0 Å². The van der Waals surface area contributed by atoms with E-state index >= 15 is 0 Å². The van der Waals surface area contributed by atoms with Gasteiger partial charge in [0.25, 0.3) is 0 Å². The number of aromatic carboxylic acids is 1. The Hall–Kier alpha value is -2.95. The first-order chi connectivity index (χ1) is 13.9. The molecule has 0 amide bonds. The van der Waals surface area contributed by atoms with Crippen molar-refractivity contribution < 1.29 is 41.2 Å². The molecule has 1 heterocycles. The van der Waals surface area contributed by atoms with Gasteiger partial charge in [0.05, 0.1) is 10.6 Å². The van der Waals surface area contributed by atoms with Crippen molar-refractivity contribution >= 4 is 29.4 Å². The van der Waals surface area contributed by atoms with Crippen molar-refractivity contribution in [1.82, 2.24) is 10.1 Å². The molecule has 1 unspecified atom stereocenters. The highest BCUT2D eigenvalue weighted by atomic mass is 35.5. The number of carboxylic acid groups (broad SMARTS) is 1. The van der Waals surface area contributed by atoms with Crippen molar-refractivity contribution in [2.75, 3.05) is 14.1 Å². The maximum absolute atomic E-state index is 14.3. The zero-order chi connectivity index (χ0) is 22.8. The van der Waals surface area contributed by atoms with Crippen LogP contribution in [0.3, 0.4) is 0 Å². The first kappa shape index (κ1) is 23.3. The van der Waals surface area contributed by atoms with Crippen LogP contribution < -0.4 is 0 Å². The van der Waals surface area contributed by atoms with Crippen molar-refractivity contribution in [2.45, 2.75) is 12.3 Å². The highest BCUT2D eigenvalue weighted by molar-refractivity contribution is 6.33. The molecule has 2 aromatic rings. The number of nitrogens with zero attached hydrogens (tertiary/aromatic N) is 2. The fourth-order valence-electron chi connectivity index (χ4n) is 2.65. The van der Waals surface area contributed by atoms with Crippen LogP contribution in [0.1, 0.15) is 16.1 Å². The van der Waals surface area contributed by atoms with Crippen LogP contribution in [0, 0.1) is 11.7 Å². The van der Waals surface area contributed by atoms with Gasteiger partial charge in [-0.25, -0.2) is 18.0 Å². The minimum atomic E-state index is -4.86. The standard InChI is InChI=1S/C18H14ClF5N2O4/c1-26(2)6-8(9(7-27)18(23,24)17(21)22)15-13(16(28)29)14(25-30-15)12-10(19)4-3-5-11(12)20/h3-7,9,17H,1-2H3,(H,28,29)/b8-6+. The first-order valence-corrected chi connectivity index (χ1v) is 8.48. The molecule has 2 rings (SSSR count). The smallest absolute Gasteiger partial charge is 0.342 e. The van der Waals surface area contributed by atoms with Gasteiger partial charge in [-0.1, -0.05) is 22.8 Å². The first-order valence-electron chi connectivity index (χ1n) is 8.10. The van der Waals surface area contributed by atoms with E-state index < -0.39 is 64.5 Å². The van der Waals surface area contributed by atoms with Gasteiger partial charge in [-0.2, -0.15) is 8.78 Å². The van der Waals surface area contributed by atoms with Crippen LogP contribution in [-0.4, -0.2) is 53.9 Å². The van der Waals surface area contributed by atoms with Crippen LogP contribution in [0.2, 0.25) is 5.02 Å². The monoisotopic (exact) mass is 452 g/mol. The molecule has 6 nitrogen and oxygen atoms in total. The summed E-state index contributed by atoms with van der Waals surface area (Å²) in [6.07, 6.45) is -3.88. The fourth-order valence-corrected chi connectivity index (χ4v) is 2.90. The molecule has 0 aliphatic carbocycles. The zero-order valence-electron chi connectivity index (χ0n) is 15.4. The number of alkyl halides is 4. The number of aldehydes is 1. The van der Waals surface area contributed by atoms with E-state index in [1.807, 2.05) is 0 Å². The van der Waals surface area contributed by atoms with E-state index in [1.165, 1.54) is 26.2 Å². The zero-order valence-corrected chi connectivity index (χ0v) is 16.1. The Balaban J connectivity index is 2.83. The van der Waals surface area contributed by atoms with Crippen molar-refractivity contribution in [2.24, 2.45) is 5.92 Å². The molecule has 1 aromatic heterocycles. The van der Waals surface area contributed by atoms with Gasteiger partial charge in [0.15, 0.2) is 5.76 Å². The summed E-state index contributed by atoms with van der Waals surface area (Å²) < 4.78 is 73.1. The molecule has 12 heteroatoms. The molecule has 0 saturated heterocycles. The predicted molar refractivity (Wildman–Crippen MR) is 96.0 cm³/mol. The van der Waals surface area contributed by atoms with Gasteiger partial charge in [0, 0.05) is 25.9 Å². The van der Waals surface area contributed by atoms with E-state index in [0.29, 0.717) is 0 Å². The summed E-state index contributed by atoms with van der Waals surface area (Å²) in [6, 6.07) is 3.39. The average Bonchev–Trinajstić information content (AvgIpc) is 3.05. The second kappa shape index (κ2) is 8.82. The van der Waals surface area contributed by atoms with Crippen molar-refractivity contribution in [1.29, 1.82) is 0 Å². The average molecular weight is 453 g/mol. The van der Waals surface area contributed by atoms with Gasteiger partial charge >= 0.3 is 18.3 Å². The SMILES string of the molecule is CN(C)/C=C(/c1onc(-c2c(F)cccc2Cl)c1C(=O)O)C(C=O)C(F)(F)C(F)F. The van der Waals surface area contributed by atoms with Crippen molar-refractivity contribution in [3.8, 4) is 11.3 Å². The number of carbonyl (C=O) groups excluding carboxylic acids is 1. The Morgan fingerprint density at radius 3 is 2.43 bits per heavy atom. The summed E-state index contributed by atoms with van der Waals surface area (Å²) in [7, 11) is 2.63. The molecule has 0 spiro atoms. The third-order valence-electron chi connectivity index (χ3n) is 3.94. The molecule has 0 saturated carbocycles. The lowest BCUT2D eigenvalue weighted by molar-refractivity contribution is -0.157. The molecule has 1 atom stereocenters. The maximum atomic E-state index is 14.3. The lowest BCUT2D eigenvalue weighted by atomic mass is 9.89. The minimum absolute atomic E-state index is 0.264. The Morgan fingerprint density at radius 1 is 1.33 bits per heavy atom. The summed E-state index contributed by atoms with van der Waals surface area (Å²) in [5.41, 5.74) is -2.97. The molecule has 162 valence electrons. The second-order valence-corrected chi connectivity index (χ2v) is 6.68. The highest BCUT2D eigenvalue weighted by Gasteiger charge is 2.52. The predicted octanol–water partition coefficient (Wildman–Crippen LogP) is 4.45. The fraction of sp³-hybridized carbons (Fsp3) is 0.278. The summed E-state index contributed by atoms with van der Waals surface area (Å²) in [4.78, 5) is 24.3. The number of allylic oxidation sites excluding steroid dienone is 1. The lowest BCUT2D eigenvalue weighted by Gasteiger charge is -2.24. The molecular formula is C18H14ClF5N2O4. The summed E-state index contributed by atoms with van der Waals surface area (Å²) in [5.74, 6) is -11.3. The molecule has 0 aliphatic heterocycles. The normalized spacial score (nSPS) is 13.4. The quantitative estimate of drug-likeness (QED) is 0.470. The Kier molecular flexibility index (Phi) is 6.86. The Morgan fingerprint density at radius 2 is 1.97 bits per heavy atom.